The molecule has 1 aromatic carbocycles. The van der Waals surface area contributed by atoms with Gasteiger partial charge in [0, 0.05) is 25.6 Å². The van der Waals surface area contributed by atoms with E-state index in [1.54, 1.807) is 6.07 Å². The Kier molecular flexibility index (Phi) is 7.86. The van der Waals surface area contributed by atoms with E-state index in [1.165, 1.54) is 26.0 Å². The van der Waals surface area contributed by atoms with Crippen molar-refractivity contribution in [2.45, 2.75) is 25.6 Å². The van der Waals surface area contributed by atoms with Crippen LogP contribution < -0.4 is 10.6 Å². The molecule has 0 aliphatic carbocycles. The molecule has 1 aliphatic rings. The predicted molar refractivity (Wildman–Crippen MR) is 91.9 cm³/mol. The van der Waals surface area contributed by atoms with Gasteiger partial charge in [-0.15, -0.1) is 12.4 Å². The van der Waals surface area contributed by atoms with Crippen LogP contribution in [-0.4, -0.2) is 37.8 Å². The Morgan fingerprint density at radius 1 is 1.50 bits per heavy atom. The van der Waals surface area contributed by atoms with Crippen molar-refractivity contribution in [1.82, 2.24) is 10.6 Å². The summed E-state index contributed by atoms with van der Waals surface area (Å²) in [4.78, 5) is 11.7. The average molecular weight is 383 g/mol. The number of hydrogen-bond acceptors (Lipinski definition) is 3. The molecule has 1 aromatic rings. The van der Waals surface area contributed by atoms with Crippen LogP contribution in [0.4, 0.5) is 8.78 Å². The lowest BCUT2D eigenvalue weighted by atomic mass is 9.95. The zero-order chi connectivity index (χ0) is 17.0. The molecule has 0 aromatic heterocycles. The third kappa shape index (κ3) is 5.55. The molecule has 2 atom stereocenters. The van der Waals surface area contributed by atoms with Gasteiger partial charge in [0.2, 0.25) is 0 Å². The van der Waals surface area contributed by atoms with Crippen molar-refractivity contribution in [2.75, 3.05) is 26.2 Å². The molecule has 1 amide bonds. The van der Waals surface area contributed by atoms with Crippen LogP contribution in [-0.2, 0) is 9.53 Å². The summed E-state index contributed by atoms with van der Waals surface area (Å²) in [6.07, 6.45) is -0.403. The second-order valence-electron chi connectivity index (χ2n) is 6.11. The molecular weight excluding hydrogens is 361 g/mol. The second-order valence-corrected chi connectivity index (χ2v) is 6.52. The van der Waals surface area contributed by atoms with Gasteiger partial charge in [-0.25, -0.2) is 8.78 Å². The van der Waals surface area contributed by atoms with Crippen LogP contribution in [0.25, 0.3) is 0 Å². The van der Waals surface area contributed by atoms with Gasteiger partial charge in [-0.2, -0.15) is 0 Å². The third-order valence-corrected chi connectivity index (χ3v) is 4.05. The van der Waals surface area contributed by atoms with E-state index in [-0.39, 0.29) is 29.9 Å². The molecule has 24 heavy (non-hydrogen) atoms. The lowest BCUT2D eigenvalue weighted by Crippen LogP contribution is -2.43. The average Bonchev–Trinajstić information content (AvgIpc) is 2.72. The molecule has 136 valence electrons. The first-order chi connectivity index (χ1) is 10.8. The highest BCUT2D eigenvalue weighted by Crippen LogP contribution is 2.29. The van der Waals surface area contributed by atoms with Crippen LogP contribution in [0.2, 0.25) is 5.02 Å². The number of carbonyl (C=O) groups excluding carboxylic acids is 1. The highest BCUT2D eigenvalue weighted by Gasteiger charge is 2.30. The fourth-order valence-corrected chi connectivity index (χ4v) is 2.58. The molecule has 0 unspecified atom stereocenters. The summed E-state index contributed by atoms with van der Waals surface area (Å²) in [6.45, 7) is 4.34. The zero-order valence-electron chi connectivity index (χ0n) is 13.6. The Hall–Kier alpha value is -0.950. The largest absolute Gasteiger partial charge is 0.372 e. The van der Waals surface area contributed by atoms with Gasteiger partial charge in [-0.1, -0.05) is 17.7 Å². The van der Waals surface area contributed by atoms with Gasteiger partial charge < -0.3 is 15.4 Å². The van der Waals surface area contributed by atoms with Crippen molar-refractivity contribution in [3.05, 3.63) is 34.6 Å². The molecule has 0 radical (unpaired) electrons. The zero-order valence-corrected chi connectivity index (χ0v) is 15.1. The standard InChI is InChI=1S/C16H21ClF2N2O2.ClH/c1-16(2,19)15(22)21-9-11-8-20-5-6-23-14(11)10-3-4-12(17)13(18)7-10;/h3-4,7,11,14,20H,5-6,8-9H2,1-2H3,(H,21,22);1H/t11-,14-;/m0./s1. The van der Waals surface area contributed by atoms with E-state index < -0.39 is 23.5 Å². The predicted octanol–water partition coefficient (Wildman–Crippen LogP) is 3.04. The number of carbonyl (C=O) groups is 1. The van der Waals surface area contributed by atoms with Crippen LogP contribution in [0.5, 0.6) is 0 Å². The summed E-state index contributed by atoms with van der Waals surface area (Å²) in [5.41, 5.74) is -1.30. The van der Waals surface area contributed by atoms with Crippen LogP contribution in [0, 0.1) is 11.7 Å². The molecular formula is C16H22Cl2F2N2O2. The molecule has 1 saturated heterocycles. The normalized spacial score (nSPS) is 21.5. The molecule has 1 fully saturated rings. The van der Waals surface area contributed by atoms with Crippen molar-refractivity contribution in [2.24, 2.45) is 5.92 Å². The van der Waals surface area contributed by atoms with Crippen LogP contribution in [0.3, 0.4) is 0 Å². The number of alkyl halides is 1. The number of benzene rings is 1. The van der Waals surface area contributed by atoms with Crippen LogP contribution in [0.15, 0.2) is 18.2 Å². The van der Waals surface area contributed by atoms with E-state index in [4.69, 9.17) is 16.3 Å². The van der Waals surface area contributed by atoms with Crippen LogP contribution >= 0.6 is 24.0 Å². The Morgan fingerprint density at radius 2 is 2.21 bits per heavy atom. The number of hydrogen-bond donors (Lipinski definition) is 2. The summed E-state index contributed by atoms with van der Waals surface area (Å²) in [5.74, 6) is -1.34. The summed E-state index contributed by atoms with van der Waals surface area (Å²) < 4.78 is 33.1. The third-order valence-electron chi connectivity index (χ3n) is 3.75. The maximum absolute atomic E-state index is 13.7. The summed E-state index contributed by atoms with van der Waals surface area (Å²) in [5, 5.41) is 5.83. The smallest absolute Gasteiger partial charge is 0.257 e. The van der Waals surface area contributed by atoms with Crippen molar-refractivity contribution in [3.8, 4) is 0 Å². The monoisotopic (exact) mass is 382 g/mol. The number of ether oxygens (including phenoxy) is 1. The molecule has 1 heterocycles. The number of halogens is 4. The highest BCUT2D eigenvalue weighted by atomic mass is 35.5. The molecule has 0 bridgehead atoms. The number of nitrogens with one attached hydrogen (secondary N) is 2. The van der Waals surface area contributed by atoms with E-state index in [0.717, 1.165) is 0 Å². The van der Waals surface area contributed by atoms with Gasteiger partial charge in [0.25, 0.3) is 5.91 Å². The van der Waals surface area contributed by atoms with Crippen molar-refractivity contribution < 1.29 is 18.3 Å². The minimum atomic E-state index is -1.94. The lowest BCUT2D eigenvalue weighted by molar-refractivity contribution is -0.131. The van der Waals surface area contributed by atoms with Gasteiger partial charge in [-0.05, 0) is 31.5 Å². The van der Waals surface area contributed by atoms with Crippen LogP contribution in [0.1, 0.15) is 25.5 Å². The topological polar surface area (TPSA) is 50.4 Å². The van der Waals surface area contributed by atoms with Gasteiger partial charge in [0.1, 0.15) is 5.82 Å². The van der Waals surface area contributed by atoms with E-state index in [0.29, 0.717) is 25.3 Å². The second kappa shape index (κ2) is 8.94. The maximum Gasteiger partial charge on any atom is 0.257 e. The summed E-state index contributed by atoms with van der Waals surface area (Å²) >= 11 is 5.71. The van der Waals surface area contributed by atoms with Gasteiger partial charge in [0.05, 0.1) is 17.7 Å². The minimum Gasteiger partial charge on any atom is -0.372 e. The maximum atomic E-state index is 13.7. The van der Waals surface area contributed by atoms with Crippen molar-refractivity contribution in [3.63, 3.8) is 0 Å². The Bertz CT molecular complexity index is 567. The summed E-state index contributed by atoms with van der Waals surface area (Å²) in [6, 6.07) is 4.52. The Balaban J connectivity index is 0.00000288. The molecule has 2 N–H and O–H groups in total. The molecule has 2 rings (SSSR count). The van der Waals surface area contributed by atoms with E-state index >= 15 is 0 Å². The number of rotatable bonds is 4. The Morgan fingerprint density at radius 3 is 2.83 bits per heavy atom. The van der Waals surface area contributed by atoms with Gasteiger partial charge >= 0.3 is 0 Å². The molecule has 0 saturated carbocycles. The van der Waals surface area contributed by atoms with Crippen molar-refractivity contribution in [1.29, 1.82) is 0 Å². The number of amides is 1. The first-order valence-corrected chi connectivity index (χ1v) is 7.91. The van der Waals surface area contributed by atoms with E-state index in [2.05, 4.69) is 10.6 Å². The molecule has 8 heteroatoms. The molecule has 0 spiro atoms. The molecule has 4 nitrogen and oxygen atoms in total. The lowest BCUT2D eigenvalue weighted by Gasteiger charge is -2.26. The van der Waals surface area contributed by atoms with Gasteiger partial charge in [-0.3, -0.25) is 4.79 Å². The SMILES string of the molecule is CC(C)(F)C(=O)NC[C@@H]1CNCCO[C@H]1c1ccc(Cl)c(F)c1.Cl. The first-order valence-electron chi connectivity index (χ1n) is 7.53. The fourth-order valence-electron chi connectivity index (χ4n) is 2.46. The quantitative estimate of drug-likeness (QED) is 0.841. The minimum absolute atomic E-state index is 0. The van der Waals surface area contributed by atoms with Gasteiger partial charge in [0.15, 0.2) is 5.67 Å². The Labute approximate surface area is 151 Å². The fraction of sp³-hybridized carbons (Fsp3) is 0.562. The molecule has 1 aliphatic heterocycles. The van der Waals surface area contributed by atoms with E-state index in [1.807, 2.05) is 0 Å². The van der Waals surface area contributed by atoms with E-state index in [9.17, 15) is 13.6 Å². The summed E-state index contributed by atoms with van der Waals surface area (Å²) in [7, 11) is 0. The highest BCUT2D eigenvalue weighted by molar-refractivity contribution is 6.30. The first kappa shape index (κ1) is 21.1. The van der Waals surface area contributed by atoms with Crippen molar-refractivity contribution >= 4 is 29.9 Å².